The molecule has 0 radical (unpaired) electrons. The van der Waals surface area contributed by atoms with Crippen molar-refractivity contribution in [1.82, 2.24) is 4.57 Å². The molecule has 4 heteroatoms. The Hall–Kier alpha value is -3.14. The third-order valence-electron chi connectivity index (χ3n) is 4.31. The van der Waals surface area contributed by atoms with Crippen LogP contribution in [-0.4, -0.2) is 21.4 Å². The average Bonchev–Trinajstić information content (AvgIpc) is 3.01. The molecule has 0 fully saturated rings. The van der Waals surface area contributed by atoms with Gasteiger partial charge in [0.25, 0.3) is 0 Å². The minimum Gasteiger partial charge on any atom is -0.481 e. The third kappa shape index (κ3) is 3.69. The Balaban J connectivity index is 1.80. The molecule has 0 saturated carbocycles. The Morgan fingerprint density at radius 2 is 1.52 bits per heavy atom. The lowest BCUT2D eigenvalue weighted by Gasteiger charge is -2.07. The van der Waals surface area contributed by atoms with Crippen LogP contribution in [0.4, 0.5) is 0 Å². The minimum atomic E-state index is -0.842. The van der Waals surface area contributed by atoms with E-state index in [2.05, 4.69) is 0 Å². The standard InChI is InChI=1S/C21H19NO3/c1-22-18(12-14-20(23)24)11-13-19(22)21(25)17-9-7-16(8-10-17)15-5-3-2-4-6-15/h2-11,13H,12,14H2,1H3,(H,23,24). The summed E-state index contributed by atoms with van der Waals surface area (Å²) in [6, 6.07) is 21.1. The zero-order chi connectivity index (χ0) is 17.8. The Bertz CT molecular complexity index is 893. The summed E-state index contributed by atoms with van der Waals surface area (Å²) < 4.78 is 1.77. The van der Waals surface area contributed by atoms with Gasteiger partial charge in [-0.2, -0.15) is 0 Å². The summed E-state index contributed by atoms with van der Waals surface area (Å²) >= 11 is 0. The number of aryl methyl sites for hydroxylation is 1. The van der Waals surface area contributed by atoms with Crippen LogP contribution in [0.3, 0.4) is 0 Å². The van der Waals surface area contributed by atoms with E-state index in [9.17, 15) is 9.59 Å². The number of aliphatic carboxylic acids is 1. The molecule has 0 unspecified atom stereocenters. The van der Waals surface area contributed by atoms with E-state index in [1.165, 1.54) is 0 Å². The van der Waals surface area contributed by atoms with Crippen LogP contribution in [0.25, 0.3) is 11.1 Å². The number of benzene rings is 2. The quantitative estimate of drug-likeness (QED) is 0.695. The highest BCUT2D eigenvalue weighted by Crippen LogP contribution is 2.21. The van der Waals surface area contributed by atoms with Crippen molar-refractivity contribution < 1.29 is 14.7 Å². The molecular weight excluding hydrogens is 314 g/mol. The second-order valence-corrected chi connectivity index (χ2v) is 5.94. The Morgan fingerprint density at radius 1 is 0.880 bits per heavy atom. The molecule has 1 aromatic heterocycles. The van der Waals surface area contributed by atoms with E-state index in [4.69, 9.17) is 5.11 Å². The largest absolute Gasteiger partial charge is 0.481 e. The smallest absolute Gasteiger partial charge is 0.303 e. The summed E-state index contributed by atoms with van der Waals surface area (Å²) in [4.78, 5) is 23.4. The van der Waals surface area contributed by atoms with Gasteiger partial charge >= 0.3 is 5.97 Å². The summed E-state index contributed by atoms with van der Waals surface area (Å²) in [5.74, 6) is -0.908. The molecule has 2 aromatic carbocycles. The van der Waals surface area contributed by atoms with E-state index in [0.717, 1.165) is 16.8 Å². The number of carbonyl (C=O) groups excluding carboxylic acids is 1. The van der Waals surface area contributed by atoms with Crippen molar-refractivity contribution in [3.05, 3.63) is 83.7 Å². The zero-order valence-electron chi connectivity index (χ0n) is 14.0. The number of carboxylic acids is 1. The Morgan fingerprint density at radius 3 is 2.16 bits per heavy atom. The van der Waals surface area contributed by atoms with Gasteiger partial charge in [-0.3, -0.25) is 9.59 Å². The molecule has 0 amide bonds. The van der Waals surface area contributed by atoms with Crippen LogP contribution >= 0.6 is 0 Å². The van der Waals surface area contributed by atoms with Gasteiger partial charge in [0.2, 0.25) is 5.78 Å². The van der Waals surface area contributed by atoms with Crippen LogP contribution in [0, 0.1) is 0 Å². The minimum absolute atomic E-state index is 0.0528. The Labute approximate surface area is 146 Å². The first-order valence-electron chi connectivity index (χ1n) is 8.13. The molecule has 0 spiro atoms. The molecule has 4 nitrogen and oxygen atoms in total. The monoisotopic (exact) mass is 333 g/mol. The summed E-state index contributed by atoms with van der Waals surface area (Å²) in [6.45, 7) is 0. The maximum atomic E-state index is 12.7. The van der Waals surface area contributed by atoms with Gasteiger partial charge < -0.3 is 9.67 Å². The molecule has 0 saturated heterocycles. The van der Waals surface area contributed by atoms with E-state index < -0.39 is 5.97 Å². The van der Waals surface area contributed by atoms with Gasteiger partial charge in [0.1, 0.15) is 0 Å². The zero-order valence-corrected chi connectivity index (χ0v) is 14.0. The van der Waals surface area contributed by atoms with Crippen molar-refractivity contribution in [2.45, 2.75) is 12.8 Å². The van der Waals surface area contributed by atoms with E-state index in [-0.39, 0.29) is 12.2 Å². The van der Waals surface area contributed by atoms with Gasteiger partial charge in [-0.05, 0) is 29.7 Å². The summed E-state index contributed by atoms with van der Waals surface area (Å²) in [5, 5.41) is 8.80. The number of hydrogen-bond donors (Lipinski definition) is 1. The van der Waals surface area contributed by atoms with Crippen LogP contribution in [0.2, 0.25) is 0 Å². The van der Waals surface area contributed by atoms with Gasteiger partial charge in [-0.15, -0.1) is 0 Å². The molecule has 25 heavy (non-hydrogen) atoms. The maximum absolute atomic E-state index is 12.7. The first-order valence-corrected chi connectivity index (χ1v) is 8.13. The molecule has 3 rings (SSSR count). The van der Waals surface area contributed by atoms with Gasteiger partial charge in [-0.1, -0.05) is 54.6 Å². The molecule has 0 aliphatic carbocycles. The van der Waals surface area contributed by atoms with E-state index in [0.29, 0.717) is 17.7 Å². The number of carbonyl (C=O) groups is 2. The fourth-order valence-electron chi connectivity index (χ4n) is 2.86. The number of hydrogen-bond acceptors (Lipinski definition) is 2. The average molecular weight is 333 g/mol. The highest BCUT2D eigenvalue weighted by atomic mass is 16.4. The highest BCUT2D eigenvalue weighted by molar-refractivity contribution is 6.08. The van der Waals surface area contributed by atoms with Crippen LogP contribution in [0.5, 0.6) is 0 Å². The van der Waals surface area contributed by atoms with Crippen molar-refractivity contribution in [2.24, 2.45) is 7.05 Å². The van der Waals surface area contributed by atoms with Gasteiger partial charge in [0.05, 0.1) is 12.1 Å². The number of ketones is 1. The number of nitrogens with zero attached hydrogens (tertiary/aromatic N) is 1. The molecule has 0 atom stereocenters. The lowest BCUT2D eigenvalue weighted by molar-refractivity contribution is -0.136. The molecule has 0 bridgehead atoms. The molecule has 0 aliphatic heterocycles. The highest BCUT2D eigenvalue weighted by Gasteiger charge is 2.15. The molecule has 1 heterocycles. The first kappa shape index (κ1) is 16.7. The third-order valence-corrected chi connectivity index (χ3v) is 4.31. The molecular formula is C21H19NO3. The van der Waals surface area contributed by atoms with E-state index in [1.54, 1.807) is 17.7 Å². The van der Waals surface area contributed by atoms with E-state index in [1.807, 2.05) is 60.7 Å². The van der Waals surface area contributed by atoms with Crippen LogP contribution in [0.15, 0.2) is 66.7 Å². The van der Waals surface area contributed by atoms with Gasteiger partial charge in [0.15, 0.2) is 0 Å². The van der Waals surface area contributed by atoms with Crippen molar-refractivity contribution in [3.63, 3.8) is 0 Å². The molecule has 3 aromatic rings. The number of carboxylic acid groups (broad SMARTS) is 1. The Kier molecular flexibility index (Phi) is 4.80. The fraction of sp³-hybridized carbons (Fsp3) is 0.143. The molecule has 0 aliphatic rings. The van der Waals surface area contributed by atoms with Crippen molar-refractivity contribution in [1.29, 1.82) is 0 Å². The summed E-state index contributed by atoms with van der Waals surface area (Å²) in [6.07, 6.45) is 0.462. The van der Waals surface area contributed by atoms with Crippen LogP contribution < -0.4 is 0 Å². The SMILES string of the molecule is Cn1c(CCC(=O)O)ccc1C(=O)c1ccc(-c2ccccc2)cc1. The van der Waals surface area contributed by atoms with Gasteiger partial charge in [-0.25, -0.2) is 0 Å². The number of rotatable bonds is 6. The predicted molar refractivity (Wildman–Crippen MR) is 96.7 cm³/mol. The van der Waals surface area contributed by atoms with Crippen molar-refractivity contribution in [2.75, 3.05) is 0 Å². The molecule has 1 N–H and O–H groups in total. The summed E-state index contributed by atoms with van der Waals surface area (Å²) in [5.41, 5.74) is 4.19. The second kappa shape index (κ2) is 7.18. The lowest BCUT2D eigenvalue weighted by Crippen LogP contribution is -2.10. The first-order chi connectivity index (χ1) is 12.1. The van der Waals surface area contributed by atoms with E-state index >= 15 is 0 Å². The van der Waals surface area contributed by atoms with Crippen molar-refractivity contribution in [3.8, 4) is 11.1 Å². The normalized spacial score (nSPS) is 10.6. The van der Waals surface area contributed by atoms with Crippen molar-refractivity contribution >= 4 is 11.8 Å². The second-order valence-electron chi connectivity index (χ2n) is 5.94. The molecule has 126 valence electrons. The van der Waals surface area contributed by atoms with Crippen LogP contribution in [0.1, 0.15) is 28.2 Å². The topological polar surface area (TPSA) is 59.3 Å². The van der Waals surface area contributed by atoms with Gasteiger partial charge in [0, 0.05) is 18.3 Å². The number of aromatic nitrogens is 1. The predicted octanol–water partition coefficient (Wildman–Crippen LogP) is 3.94. The lowest BCUT2D eigenvalue weighted by atomic mass is 10.0. The van der Waals surface area contributed by atoms with Crippen LogP contribution in [-0.2, 0) is 18.3 Å². The summed E-state index contributed by atoms with van der Waals surface area (Å²) in [7, 11) is 1.79. The maximum Gasteiger partial charge on any atom is 0.303 e. The fourth-order valence-corrected chi connectivity index (χ4v) is 2.86.